The highest BCUT2D eigenvalue weighted by atomic mass is 16.5. The Labute approximate surface area is 156 Å². The van der Waals surface area contributed by atoms with E-state index in [1.165, 1.54) is 4.68 Å². The van der Waals surface area contributed by atoms with Crippen molar-refractivity contribution in [3.05, 3.63) is 53.1 Å². The zero-order chi connectivity index (χ0) is 18.6. The molecule has 1 aliphatic rings. The molecule has 2 aromatic heterocycles. The van der Waals surface area contributed by atoms with Gasteiger partial charge in [0.15, 0.2) is 0 Å². The number of anilines is 2. The van der Waals surface area contributed by atoms with E-state index >= 15 is 0 Å². The maximum absolute atomic E-state index is 11.8. The summed E-state index contributed by atoms with van der Waals surface area (Å²) in [4.78, 5) is 22.9. The standard InChI is InChI=1S/C19H22N6O2/c1-24-19(26)10-14(11-22-24)25-8-9-27-15(13-25)6-7-20-18-12-21-16-4-2-3-5-17(16)23-18/h2-5,10-12,15H,6-9,13H2,1H3,(H,20,23)/t15-/m0/s1. The van der Waals surface area contributed by atoms with Gasteiger partial charge in [-0.1, -0.05) is 12.1 Å². The Hall–Kier alpha value is -3.00. The van der Waals surface area contributed by atoms with Gasteiger partial charge in [-0.05, 0) is 18.6 Å². The average Bonchev–Trinajstić information content (AvgIpc) is 2.70. The summed E-state index contributed by atoms with van der Waals surface area (Å²) in [5.41, 5.74) is 2.50. The molecule has 1 aliphatic heterocycles. The molecule has 0 saturated carbocycles. The Balaban J connectivity index is 1.33. The Morgan fingerprint density at radius 3 is 2.96 bits per heavy atom. The second-order valence-electron chi connectivity index (χ2n) is 6.57. The van der Waals surface area contributed by atoms with E-state index in [9.17, 15) is 4.79 Å². The van der Waals surface area contributed by atoms with Crippen LogP contribution < -0.4 is 15.8 Å². The van der Waals surface area contributed by atoms with Gasteiger partial charge >= 0.3 is 0 Å². The van der Waals surface area contributed by atoms with Crippen LogP contribution in [-0.2, 0) is 11.8 Å². The van der Waals surface area contributed by atoms with Crippen molar-refractivity contribution in [3.63, 3.8) is 0 Å². The van der Waals surface area contributed by atoms with Crippen LogP contribution in [0.3, 0.4) is 0 Å². The predicted octanol–water partition coefficient (Wildman–Crippen LogP) is 1.43. The molecule has 4 rings (SSSR count). The Morgan fingerprint density at radius 1 is 1.26 bits per heavy atom. The maximum atomic E-state index is 11.8. The number of nitrogens with zero attached hydrogens (tertiary/aromatic N) is 5. The van der Waals surface area contributed by atoms with Crippen molar-refractivity contribution in [1.82, 2.24) is 19.7 Å². The fraction of sp³-hybridized carbons (Fsp3) is 0.368. The van der Waals surface area contributed by atoms with Crippen molar-refractivity contribution in [2.45, 2.75) is 12.5 Å². The predicted molar refractivity (Wildman–Crippen MR) is 104 cm³/mol. The molecule has 0 spiro atoms. The molecule has 0 bridgehead atoms. The van der Waals surface area contributed by atoms with E-state index in [0.717, 1.165) is 48.6 Å². The van der Waals surface area contributed by atoms with Crippen molar-refractivity contribution in [2.75, 3.05) is 36.5 Å². The monoisotopic (exact) mass is 366 g/mol. The first-order chi connectivity index (χ1) is 13.2. The molecule has 1 fully saturated rings. The van der Waals surface area contributed by atoms with Crippen LogP contribution in [0.1, 0.15) is 6.42 Å². The molecule has 3 aromatic rings. The quantitative estimate of drug-likeness (QED) is 0.731. The molecule has 0 amide bonds. The van der Waals surface area contributed by atoms with Gasteiger partial charge < -0.3 is 15.0 Å². The first-order valence-corrected chi connectivity index (χ1v) is 9.04. The Morgan fingerprint density at radius 2 is 2.11 bits per heavy atom. The zero-order valence-corrected chi connectivity index (χ0v) is 15.2. The highest BCUT2D eigenvalue weighted by molar-refractivity contribution is 5.75. The summed E-state index contributed by atoms with van der Waals surface area (Å²) in [6.07, 6.45) is 4.40. The van der Waals surface area contributed by atoms with Crippen LogP contribution in [0.25, 0.3) is 11.0 Å². The van der Waals surface area contributed by atoms with Gasteiger partial charge in [-0.2, -0.15) is 5.10 Å². The third-order valence-electron chi connectivity index (χ3n) is 4.68. The van der Waals surface area contributed by atoms with E-state index in [-0.39, 0.29) is 11.7 Å². The number of para-hydroxylation sites is 2. The van der Waals surface area contributed by atoms with Gasteiger partial charge in [0.25, 0.3) is 5.56 Å². The molecule has 1 saturated heterocycles. The number of hydrogen-bond acceptors (Lipinski definition) is 7. The molecular formula is C19H22N6O2. The van der Waals surface area contributed by atoms with Gasteiger partial charge in [-0.25, -0.2) is 9.67 Å². The van der Waals surface area contributed by atoms with Crippen molar-refractivity contribution in [1.29, 1.82) is 0 Å². The summed E-state index contributed by atoms with van der Waals surface area (Å²) in [7, 11) is 1.65. The van der Waals surface area contributed by atoms with Gasteiger partial charge in [0, 0.05) is 32.7 Å². The van der Waals surface area contributed by atoms with Gasteiger partial charge in [-0.3, -0.25) is 9.78 Å². The van der Waals surface area contributed by atoms with Crippen LogP contribution >= 0.6 is 0 Å². The lowest BCUT2D eigenvalue weighted by Gasteiger charge is -2.34. The molecule has 0 unspecified atom stereocenters. The first-order valence-electron chi connectivity index (χ1n) is 9.04. The number of nitrogens with one attached hydrogen (secondary N) is 1. The van der Waals surface area contributed by atoms with E-state index in [1.54, 1.807) is 25.5 Å². The lowest BCUT2D eigenvalue weighted by atomic mass is 10.2. The second kappa shape index (κ2) is 7.71. The zero-order valence-electron chi connectivity index (χ0n) is 15.2. The molecule has 27 heavy (non-hydrogen) atoms. The molecule has 1 atom stereocenters. The minimum absolute atomic E-state index is 0.0868. The summed E-state index contributed by atoms with van der Waals surface area (Å²) in [5.74, 6) is 0.761. The number of morpholine rings is 1. The number of aromatic nitrogens is 4. The van der Waals surface area contributed by atoms with Crippen LogP contribution in [0.5, 0.6) is 0 Å². The molecule has 0 aliphatic carbocycles. The number of aryl methyl sites for hydroxylation is 1. The summed E-state index contributed by atoms with van der Waals surface area (Å²) in [5, 5.41) is 7.42. The summed E-state index contributed by atoms with van der Waals surface area (Å²) >= 11 is 0. The topological polar surface area (TPSA) is 85.2 Å². The summed E-state index contributed by atoms with van der Waals surface area (Å²) in [6, 6.07) is 9.43. The molecule has 8 heteroatoms. The van der Waals surface area contributed by atoms with Crippen LogP contribution in [-0.4, -0.2) is 52.1 Å². The average molecular weight is 366 g/mol. The number of hydrogen-bond donors (Lipinski definition) is 1. The SMILES string of the molecule is Cn1ncc(N2CCO[C@@H](CCNc3cnc4ccccc4n3)C2)cc1=O. The van der Waals surface area contributed by atoms with Gasteiger partial charge in [0.05, 0.1) is 41.8 Å². The van der Waals surface area contributed by atoms with E-state index in [0.29, 0.717) is 6.61 Å². The second-order valence-corrected chi connectivity index (χ2v) is 6.57. The lowest BCUT2D eigenvalue weighted by molar-refractivity contribution is 0.0374. The van der Waals surface area contributed by atoms with Gasteiger partial charge in [-0.15, -0.1) is 0 Å². The summed E-state index contributed by atoms with van der Waals surface area (Å²) in [6.45, 7) is 2.87. The van der Waals surface area contributed by atoms with Crippen LogP contribution in [0.4, 0.5) is 11.5 Å². The van der Waals surface area contributed by atoms with E-state index < -0.39 is 0 Å². The Kier molecular flexibility index (Phi) is 4.97. The largest absolute Gasteiger partial charge is 0.374 e. The van der Waals surface area contributed by atoms with Crippen LogP contribution in [0.15, 0.2) is 47.5 Å². The van der Waals surface area contributed by atoms with Crippen molar-refractivity contribution in [2.24, 2.45) is 7.05 Å². The fourth-order valence-electron chi connectivity index (χ4n) is 3.16. The summed E-state index contributed by atoms with van der Waals surface area (Å²) < 4.78 is 7.20. The van der Waals surface area contributed by atoms with Crippen LogP contribution in [0, 0.1) is 0 Å². The normalized spacial score (nSPS) is 17.2. The molecule has 1 aromatic carbocycles. The highest BCUT2D eigenvalue weighted by Gasteiger charge is 2.21. The maximum Gasteiger partial charge on any atom is 0.268 e. The van der Waals surface area contributed by atoms with E-state index in [4.69, 9.17) is 4.74 Å². The lowest BCUT2D eigenvalue weighted by Crippen LogP contribution is -2.43. The van der Waals surface area contributed by atoms with Gasteiger partial charge in [0.1, 0.15) is 5.82 Å². The highest BCUT2D eigenvalue weighted by Crippen LogP contribution is 2.17. The molecule has 8 nitrogen and oxygen atoms in total. The smallest absolute Gasteiger partial charge is 0.268 e. The first kappa shape index (κ1) is 17.4. The molecular weight excluding hydrogens is 344 g/mol. The molecule has 1 N–H and O–H groups in total. The van der Waals surface area contributed by atoms with E-state index in [2.05, 4.69) is 25.3 Å². The number of benzene rings is 1. The van der Waals surface area contributed by atoms with Crippen molar-refractivity contribution in [3.8, 4) is 0 Å². The third-order valence-corrected chi connectivity index (χ3v) is 4.68. The van der Waals surface area contributed by atoms with Gasteiger partial charge in [0.2, 0.25) is 0 Å². The molecule has 0 radical (unpaired) electrons. The van der Waals surface area contributed by atoms with Crippen molar-refractivity contribution < 1.29 is 4.74 Å². The van der Waals surface area contributed by atoms with Crippen molar-refractivity contribution >= 4 is 22.5 Å². The van der Waals surface area contributed by atoms with Crippen LogP contribution in [0.2, 0.25) is 0 Å². The number of rotatable bonds is 5. The third kappa shape index (κ3) is 4.06. The molecule has 140 valence electrons. The number of fused-ring (bicyclic) bond motifs is 1. The number of ether oxygens (including phenoxy) is 1. The minimum Gasteiger partial charge on any atom is -0.374 e. The fourth-order valence-corrected chi connectivity index (χ4v) is 3.16. The molecule has 3 heterocycles. The minimum atomic E-state index is -0.105. The Bertz CT molecular complexity index is 989. The van der Waals surface area contributed by atoms with E-state index in [1.807, 2.05) is 24.3 Å².